The summed E-state index contributed by atoms with van der Waals surface area (Å²) in [5.74, 6) is 0.454. The molecule has 2 rings (SSSR count). The van der Waals surface area contributed by atoms with Gasteiger partial charge in [0.05, 0.1) is 0 Å². The Hall–Kier alpha value is -1.75. The highest BCUT2D eigenvalue weighted by Gasteiger charge is 2.23. The minimum absolute atomic E-state index is 0.0246. The lowest BCUT2D eigenvalue weighted by Gasteiger charge is -2.32. The molecule has 1 heterocycles. The molecule has 1 aromatic carbocycles. The predicted molar refractivity (Wildman–Crippen MR) is 81.2 cm³/mol. The first-order chi connectivity index (χ1) is 10.1. The fourth-order valence-corrected chi connectivity index (χ4v) is 2.74. The number of rotatable bonds is 4. The van der Waals surface area contributed by atoms with Crippen LogP contribution in [0.3, 0.4) is 0 Å². The van der Waals surface area contributed by atoms with E-state index in [4.69, 9.17) is 0 Å². The molecule has 0 spiro atoms. The third-order valence-corrected chi connectivity index (χ3v) is 3.91. The first kappa shape index (κ1) is 15.6. The van der Waals surface area contributed by atoms with Gasteiger partial charge in [0.25, 0.3) is 0 Å². The van der Waals surface area contributed by atoms with E-state index in [0.717, 1.165) is 31.4 Å². The molecule has 1 aliphatic rings. The van der Waals surface area contributed by atoms with Crippen LogP contribution < -0.4 is 5.32 Å². The van der Waals surface area contributed by atoms with Gasteiger partial charge in [-0.05, 0) is 49.8 Å². The summed E-state index contributed by atoms with van der Waals surface area (Å²) in [4.78, 5) is 14.0. The quantitative estimate of drug-likeness (QED) is 0.791. The Morgan fingerprint density at radius 2 is 2.14 bits per heavy atom. The molecule has 1 aliphatic heterocycles. The number of nitrogens with zero attached hydrogens (tertiary/aromatic N) is 1. The number of carbonyl (C=O) groups excluding carboxylic acids is 1. The number of aromatic hydroxyl groups is 1. The number of urea groups is 1. The number of piperidine rings is 1. The Bertz CT molecular complexity index is 461. The van der Waals surface area contributed by atoms with Crippen LogP contribution in [0.15, 0.2) is 24.3 Å². The van der Waals surface area contributed by atoms with E-state index < -0.39 is 0 Å². The van der Waals surface area contributed by atoms with E-state index in [1.54, 1.807) is 17.0 Å². The van der Waals surface area contributed by atoms with Crippen molar-refractivity contribution in [2.75, 3.05) is 19.7 Å². The average Bonchev–Trinajstić information content (AvgIpc) is 2.49. The second-order valence-corrected chi connectivity index (χ2v) is 5.86. The van der Waals surface area contributed by atoms with E-state index in [9.17, 15) is 15.0 Å². The van der Waals surface area contributed by atoms with Crippen molar-refractivity contribution in [3.05, 3.63) is 29.8 Å². The topological polar surface area (TPSA) is 72.8 Å². The number of amides is 2. The number of hydrogen-bond donors (Lipinski definition) is 3. The van der Waals surface area contributed by atoms with Gasteiger partial charge >= 0.3 is 6.03 Å². The summed E-state index contributed by atoms with van der Waals surface area (Å²) in [6, 6.07) is 7.00. The molecule has 0 aliphatic carbocycles. The van der Waals surface area contributed by atoms with Gasteiger partial charge < -0.3 is 20.4 Å². The van der Waals surface area contributed by atoms with Gasteiger partial charge in [0.1, 0.15) is 5.75 Å². The highest BCUT2D eigenvalue weighted by Crippen LogP contribution is 2.16. The van der Waals surface area contributed by atoms with E-state index in [2.05, 4.69) is 5.32 Å². The van der Waals surface area contributed by atoms with Crippen LogP contribution >= 0.6 is 0 Å². The van der Waals surface area contributed by atoms with Crippen molar-refractivity contribution in [2.45, 2.75) is 32.2 Å². The van der Waals surface area contributed by atoms with Gasteiger partial charge in [0, 0.05) is 25.7 Å². The van der Waals surface area contributed by atoms with Crippen LogP contribution in [0, 0.1) is 5.92 Å². The molecule has 0 aromatic heterocycles. The number of aliphatic hydroxyl groups is 1. The second kappa shape index (κ2) is 7.31. The summed E-state index contributed by atoms with van der Waals surface area (Å²) in [5, 5.41) is 21.5. The van der Waals surface area contributed by atoms with Gasteiger partial charge in [-0.3, -0.25) is 0 Å². The van der Waals surface area contributed by atoms with Crippen molar-refractivity contribution in [1.82, 2.24) is 10.2 Å². The summed E-state index contributed by atoms with van der Waals surface area (Å²) in [5.41, 5.74) is 1.08. The molecule has 3 N–H and O–H groups in total. The molecule has 2 amide bonds. The molecule has 2 unspecified atom stereocenters. The number of benzene rings is 1. The highest BCUT2D eigenvalue weighted by molar-refractivity contribution is 5.74. The number of phenolic OH excluding ortho intramolecular Hbond substituents is 1. The first-order valence-electron chi connectivity index (χ1n) is 7.52. The fourth-order valence-electron chi connectivity index (χ4n) is 2.74. The Morgan fingerprint density at radius 1 is 1.43 bits per heavy atom. The van der Waals surface area contributed by atoms with E-state index in [0.29, 0.717) is 6.54 Å². The number of nitrogens with one attached hydrogen (secondary N) is 1. The van der Waals surface area contributed by atoms with Gasteiger partial charge in [0.2, 0.25) is 0 Å². The molecule has 0 saturated carbocycles. The Morgan fingerprint density at radius 3 is 2.81 bits per heavy atom. The van der Waals surface area contributed by atoms with E-state index in [1.807, 2.05) is 19.1 Å². The molecule has 1 saturated heterocycles. The Labute approximate surface area is 125 Å². The van der Waals surface area contributed by atoms with Crippen molar-refractivity contribution >= 4 is 6.03 Å². The number of hydrogen-bond acceptors (Lipinski definition) is 3. The highest BCUT2D eigenvalue weighted by atomic mass is 16.3. The molecule has 5 nitrogen and oxygen atoms in total. The fraction of sp³-hybridized carbons (Fsp3) is 0.562. The smallest absolute Gasteiger partial charge is 0.317 e. The maximum atomic E-state index is 12.2. The summed E-state index contributed by atoms with van der Waals surface area (Å²) in [6.45, 7) is 3.51. The zero-order valence-electron chi connectivity index (χ0n) is 12.5. The largest absolute Gasteiger partial charge is 0.508 e. The standard InChI is InChI=1S/C16H24N2O3/c1-12(9-13-4-6-15(20)7-5-13)17-16(21)18-8-2-3-14(10-18)11-19/h4-7,12,14,19-20H,2-3,8-11H2,1H3,(H,17,21). The van der Waals surface area contributed by atoms with Gasteiger partial charge in [-0.15, -0.1) is 0 Å². The van der Waals surface area contributed by atoms with Crippen molar-refractivity contribution < 1.29 is 15.0 Å². The molecule has 2 atom stereocenters. The minimum atomic E-state index is -0.0561. The SMILES string of the molecule is CC(Cc1ccc(O)cc1)NC(=O)N1CCCC(CO)C1. The minimum Gasteiger partial charge on any atom is -0.508 e. The van der Waals surface area contributed by atoms with E-state index in [1.165, 1.54) is 0 Å². The molecule has 1 fully saturated rings. The lowest BCUT2D eigenvalue weighted by Crippen LogP contribution is -2.48. The van der Waals surface area contributed by atoms with Crippen molar-refractivity contribution in [2.24, 2.45) is 5.92 Å². The lowest BCUT2D eigenvalue weighted by atomic mass is 9.99. The summed E-state index contributed by atoms with van der Waals surface area (Å²) in [6.07, 6.45) is 2.66. The maximum Gasteiger partial charge on any atom is 0.317 e. The molecule has 0 radical (unpaired) electrons. The van der Waals surface area contributed by atoms with Gasteiger partial charge in [-0.25, -0.2) is 4.79 Å². The number of phenols is 1. The lowest BCUT2D eigenvalue weighted by molar-refractivity contribution is 0.128. The predicted octanol–water partition coefficient (Wildman–Crippen LogP) is 1.74. The van der Waals surface area contributed by atoms with E-state index in [-0.39, 0.29) is 30.3 Å². The number of carbonyl (C=O) groups is 1. The molecular formula is C16H24N2O3. The maximum absolute atomic E-state index is 12.2. The van der Waals surface area contributed by atoms with Crippen LogP contribution in [0.4, 0.5) is 4.79 Å². The van der Waals surface area contributed by atoms with Gasteiger partial charge in [-0.2, -0.15) is 0 Å². The number of likely N-dealkylation sites (tertiary alicyclic amines) is 1. The van der Waals surface area contributed by atoms with Crippen LogP contribution in [0.5, 0.6) is 5.75 Å². The second-order valence-electron chi connectivity index (χ2n) is 5.86. The average molecular weight is 292 g/mol. The van der Waals surface area contributed by atoms with Crippen LogP contribution in [0.1, 0.15) is 25.3 Å². The van der Waals surface area contributed by atoms with Crippen molar-refractivity contribution in [1.29, 1.82) is 0 Å². The summed E-state index contributed by atoms with van der Waals surface area (Å²) >= 11 is 0. The van der Waals surface area contributed by atoms with Crippen LogP contribution in [-0.4, -0.2) is 46.9 Å². The van der Waals surface area contributed by atoms with Crippen LogP contribution in [0.2, 0.25) is 0 Å². The van der Waals surface area contributed by atoms with Crippen LogP contribution in [-0.2, 0) is 6.42 Å². The molecule has 5 heteroatoms. The molecular weight excluding hydrogens is 268 g/mol. The van der Waals surface area contributed by atoms with Gasteiger partial charge in [-0.1, -0.05) is 12.1 Å². The summed E-state index contributed by atoms with van der Waals surface area (Å²) in [7, 11) is 0. The van der Waals surface area contributed by atoms with Crippen molar-refractivity contribution in [3.63, 3.8) is 0 Å². The first-order valence-corrected chi connectivity index (χ1v) is 7.52. The third kappa shape index (κ3) is 4.63. The Balaban J connectivity index is 1.82. The molecule has 0 bridgehead atoms. The zero-order chi connectivity index (χ0) is 15.2. The molecule has 116 valence electrons. The van der Waals surface area contributed by atoms with E-state index >= 15 is 0 Å². The summed E-state index contributed by atoms with van der Waals surface area (Å²) < 4.78 is 0. The molecule has 21 heavy (non-hydrogen) atoms. The molecule has 1 aromatic rings. The normalized spacial score (nSPS) is 20.1. The third-order valence-electron chi connectivity index (χ3n) is 3.91. The number of aliphatic hydroxyl groups excluding tert-OH is 1. The van der Waals surface area contributed by atoms with Gasteiger partial charge in [0.15, 0.2) is 0 Å². The zero-order valence-corrected chi connectivity index (χ0v) is 12.5. The van der Waals surface area contributed by atoms with Crippen LogP contribution in [0.25, 0.3) is 0 Å². The monoisotopic (exact) mass is 292 g/mol. The Kier molecular flexibility index (Phi) is 5.44. The van der Waals surface area contributed by atoms with Crippen molar-refractivity contribution in [3.8, 4) is 5.75 Å².